The van der Waals surface area contributed by atoms with Gasteiger partial charge < -0.3 is 14.0 Å². The molecule has 4 aromatic rings. The Kier molecular flexibility index (Phi) is 4.17. The second-order valence-corrected chi connectivity index (χ2v) is 7.08. The van der Waals surface area contributed by atoms with Gasteiger partial charge in [0.15, 0.2) is 5.76 Å². The summed E-state index contributed by atoms with van der Waals surface area (Å²) >= 11 is 0. The van der Waals surface area contributed by atoms with Gasteiger partial charge in [0.2, 0.25) is 5.78 Å². The molecule has 0 saturated carbocycles. The number of aryl methyl sites for hydroxylation is 1. The number of nitrogens with zero attached hydrogens (tertiary/aromatic N) is 1. The van der Waals surface area contributed by atoms with Gasteiger partial charge in [-0.2, -0.15) is 0 Å². The number of allylic oxidation sites excluding steroid dienone is 1. The van der Waals surface area contributed by atoms with Gasteiger partial charge in [-0.25, -0.2) is 0 Å². The van der Waals surface area contributed by atoms with Crippen molar-refractivity contribution in [2.45, 2.75) is 6.61 Å². The fraction of sp³-hybridized carbons (Fsp3) is 0.0800. The Bertz CT molecular complexity index is 1250. The van der Waals surface area contributed by atoms with Crippen LogP contribution in [0.3, 0.4) is 0 Å². The molecule has 0 spiro atoms. The molecule has 0 atom stereocenters. The first-order valence-electron chi connectivity index (χ1n) is 9.48. The number of carbonyl (C=O) groups is 1. The van der Waals surface area contributed by atoms with Gasteiger partial charge in [0.1, 0.15) is 18.1 Å². The molecule has 1 aliphatic heterocycles. The second kappa shape index (κ2) is 6.99. The lowest BCUT2D eigenvalue weighted by atomic mass is 10.1. The first-order chi connectivity index (χ1) is 14.2. The van der Waals surface area contributed by atoms with Crippen LogP contribution in [0.5, 0.6) is 11.5 Å². The monoisotopic (exact) mass is 381 g/mol. The topological polar surface area (TPSA) is 40.5 Å². The summed E-state index contributed by atoms with van der Waals surface area (Å²) < 4.78 is 13.8. The summed E-state index contributed by atoms with van der Waals surface area (Å²) in [6.07, 6.45) is 3.82. The van der Waals surface area contributed by atoms with Crippen molar-refractivity contribution in [1.29, 1.82) is 0 Å². The predicted octanol–water partition coefficient (Wildman–Crippen LogP) is 5.37. The van der Waals surface area contributed by atoms with Crippen LogP contribution in [0.25, 0.3) is 17.0 Å². The standard InChI is InChI=1S/C25H19NO3/c1-26-15-18(20-9-5-6-10-22(20)26)13-24-25(27)21-12-11-19(14-23(21)29-24)28-16-17-7-3-2-4-8-17/h2-15H,16H2,1H3. The van der Waals surface area contributed by atoms with E-state index in [1.54, 1.807) is 12.1 Å². The Balaban J connectivity index is 1.41. The Morgan fingerprint density at radius 1 is 1.00 bits per heavy atom. The molecule has 0 aliphatic carbocycles. The van der Waals surface area contributed by atoms with Gasteiger partial charge in [-0.3, -0.25) is 4.79 Å². The zero-order valence-corrected chi connectivity index (χ0v) is 16.0. The van der Waals surface area contributed by atoms with E-state index in [4.69, 9.17) is 9.47 Å². The average molecular weight is 381 g/mol. The first kappa shape index (κ1) is 17.3. The van der Waals surface area contributed by atoms with E-state index in [2.05, 4.69) is 6.07 Å². The van der Waals surface area contributed by atoms with E-state index in [0.29, 0.717) is 29.4 Å². The molecule has 0 radical (unpaired) electrons. The van der Waals surface area contributed by atoms with Gasteiger partial charge in [-0.15, -0.1) is 0 Å². The van der Waals surface area contributed by atoms with Crippen LogP contribution in [-0.2, 0) is 13.7 Å². The number of para-hydroxylation sites is 1. The molecule has 0 fully saturated rings. The largest absolute Gasteiger partial charge is 0.489 e. The zero-order chi connectivity index (χ0) is 19.8. The smallest absolute Gasteiger partial charge is 0.231 e. The van der Waals surface area contributed by atoms with Crippen molar-refractivity contribution >= 4 is 22.8 Å². The summed E-state index contributed by atoms with van der Waals surface area (Å²) in [5, 5.41) is 1.08. The minimum absolute atomic E-state index is 0.109. The van der Waals surface area contributed by atoms with Crippen molar-refractivity contribution < 1.29 is 14.3 Å². The quantitative estimate of drug-likeness (QED) is 0.446. The SMILES string of the molecule is Cn1cc(C=C2Oc3cc(OCc4ccccc4)ccc3C2=O)c2ccccc21. The minimum atomic E-state index is -0.109. The van der Waals surface area contributed by atoms with Crippen LogP contribution in [0.15, 0.2) is 84.8 Å². The molecule has 1 aromatic heterocycles. The summed E-state index contributed by atoms with van der Waals surface area (Å²) in [7, 11) is 1.99. The third kappa shape index (κ3) is 3.19. The van der Waals surface area contributed by atoms with Crippen molar-refractivity contribution in [3.8, 4) is 11.5 Å². The second-order valence-electron chi connectivity index (χ2n) is 7.08. The molecule has 2 heterocycles. The number of fused-ring (bicyclic) bond motifs is 2. The average Bonchev–Trinajstić information content (AvgIpc) is 3.24. The fourth-order valence-corrected chi connectivity index (χ4v) is 3.63. The van der Waals surface area contributed by atoms with Crippen molar-refractivity contribution in [1.82, 2.24) is 4.57 Å². The number of Topliss-reactive ketones (excluding diaryl/α,β-unsaturated/α-hetero) is 1. The Hall–Kier alpha value is -3.79. The zero-order valence-electron chi connectivity index (χ0n) is 16.0. The Morgan fingerprint density at radius 3 is 2.66 bits per heavy atom. The lowest BCUT2D eigenvalue weighted by Gasteiger charge is -2.07. The molecule has 3 aromatic carbocycles. The molecule has 0 unspecified atom stereocenters. The van der Waals surface area contributed by atoms with E-state index in [9.17, 15) is 4.79 Å². The maximum Gasteiger partial charge on any atom is 0.231 e. The molecule has 0 amide bonds. The molecule has 142 valence electrons. The molecule has 0 saturated heterocycles. The van der Waals surface area contributed by atoms with Crippen molar-refractivity contribution in [2.75, 3.05) is 0 Å². The van der Waals surface area contributed by atoms with E-state index in [1.807, 2.05) is 78.5 Å². The highest BCUT2D eigenvalue weighted by molar-refractivity contribution is 6.15. The van der Waals surface area contributed by atoms with Crippen molar-refractivity contribution in [3.63, 3.8) is 0 Å². The van der Waals surface area contributed by atoms with E-state index in [-0.39, 0.29) is 5.78 Å². The first-order valence-corrected chi connectivity index (χ1v) is 9.48. The molecule has 4 nitrogen and oxygen atoms in total. The van der Waals surface area contributed by atoms with Crippen LogP contribution in [-0.4, -0.2) is 10.4 Å². The van der Waals surface area contributed by atoms with Crippen LogP contribution < -0.4 is 9.47 Å². The van der Waals surface area contributed by atoms with E-state index >= 15 is 0 Å². The van der Waals surface area contributed by atoms with Gasteiger partial charge >= 0.3 is 0 Å². The summed E-state index contributed by atoms with van der Waals surface area (Å²) in [5.74, 6) is 1.43. The maximum atomic E-state index is 12.8. The molecule has 0 bridgehead atoms. The van der Waals surface area contributed by atoms with E-state index < -0.39 is 0 Å². The summed E-state index contributed by atoms with van der Waals surface area (Å²) in [6, 6.07) is 23.4. The van der Waals surface area contributed by atoms with Crippen LogP contribution >= 0.6 is 0 Å². The lowest BCUT2D eigenvalue weighted by molar-refractivity contribution is 0.101. The maximum absolute atomic E-state index is 12.8. The minimum Gasteiger partial charge on any atom is -0.489 e. The van der Waals surface area contributed by atoms with Gasteiger partial charge in [0.25, 0.3) is 0 Å². The van der Waals surface area contributed by atoms with Gasteiger partial charge in [0.05, 0.1) is 5.56 Å². The van der Waals surface area contributed by atoms with Gasteiger partial charge in [0, 0.05) is 35.8 Å². The van der Waals surface area contributed by atoms with Crippen molar-refractivity contribution in [2.24, 2.45) is 7.05 Å². The number of aromatic nitrogens is 1. The van der Waals surface area contributed by atoms with Crippen LogP contribution in [0.4, 0.5) is 0 Å². The van der Waals surface area contributed by atoms with Gasteiger partial charge in [-0.1, -0.05) is 48.5 Å². The molecule has 1 aliphatic rings. The molecular formula is C25H19NO3. The molecule has 0 N–H and O–H groups in total. The van der Waals surface area contributed by atoms with Crippen LogP contribution in [0.2, 0.25) is 0 Å². The summed E-state index contributed by atoms with van der Waals surface area (Å²) in [5.41, 5.74) is 3.71. The summed E-state index contributed by atoms with van der Waals surface area (Å²) in [6.45, 7) is 0.465. The Labute approximate surface area is 168 Å². The Morgan fingerprint density at radius 2 is 1.79 bits per heavy atom. The number of hydrogen-bond donors (Lipinski definition) is 0. The summed E-state index contributed by atoms with van der Waals surface area (Å²) in [4.78, 5) is 12.8. The number of benzene rings is 3. The lowest BCUT2D eigenvalue weighted by Crippen LogP contribution is -1.97. The molecule has 4 heteroatoms. The number of rotatable bonds is 4. The normalized spacial score (nSPS) is 14.2. The number of carbonyl (C=O) groups excluding carboxylic acids is 1. The highest BCUT2D eigenvalue weighted by Crippen LogP contribution is 2.36. The highest BCUT2D eigenvalue weighted by atomic mass is 16.5. The van der Waals surface area contributed by atoms with Crippen LogP contribution in [0, 0.1) is 0 Å². The van der Waals surface area contributed by atoms with E-state index in [1.165, 1.54) is 0 Å². The third-order valence-electron chi connectivity index (χ3n) is 5.10. The molecule has 29 heavy (non-hydrogen) atoms. The molecule has 5 rings (SSSR count). The van der Waals surface area contributed by atoms with Crippen molar-refractivity contribution in [3.05, 3.63) is 101 Å². The number of ketones is 1. The number of ether oxygens (including phenoxy) is 2. The van der Waals surface area contributed by atoms with Gasteiger partial charge in [-0.05, 0) is 29.8 Å². The predicted molar refractivity (Wildman–Crippen MR) is 113 cm³/mol. The van der Waals surface area contributed by atoms with Crippen LogP contribution in [0.1, 0.15) is 21.5 Å². The fourth-order valence-electron chi connectivity index (χ4n) is 3.63. The molecular weight excluding hydrogens is 362 g/mol. The highest BCUT2D eigenvalue weighted by Gasteiger charge is 2.28. The number of hydrogen-bond acceptors (Lipinski definition) is 3. The third-order valence-corrected chi connectivity index (χ3v) is 5.10. The van der Waals surface area contributed by atoms with E-state index in [0.717, 1.165) is 22.0 Å².